The lowest BCUT2D eigenvalue weighted by Crippen LogP contribution is -2.29. The van der Waals surface area contributed by atoms with Crippen molar-refractivity contribution in [3.63, 3.8) is 0 Å². The Kier molecular flexibility index (Phi) is 4.93. The van der Waals surface area contributed by atoms with Crippen LogP contribution in [0.3, 0.4) is 0 Å². The van der Waals surface area contributed by atoms with Crippen molar-refractivity contribution in [1.82, 2.24) is 29.6 Å². The monoisotopic (exact) mass is 429 g/mol. The SMILES string of the molecule is Nc1ncc(C#Cc2ccn3ncc(C(=O)N4OCCC4c4ccc(F)cn4)c3c2)cn1. The van der Waals surface area contributed by atoms with Crippen LogP contribution in [0.15, 0.2) is 55.2 Å². The van der Waals surface area contributed by atoms with Gasteiger partial charge in [-0.3, -0.25) is 14.6 Å². The van der Waals surface area contributed by atoms with E-state index in [0.717, 1.165) is 6.20 Å². The number of rotatable bonds is 2. The number of nitrogens with zero attached hydrogens (tertiary/aromatic N) is 6. The average Bonchev–Trinajstić information content (AvgIpc) is 3.46. The predicted octanol–water partition coefficient (Wildman–Crippen LogP) is 2.16. The highest BCUT2D eigenvalue weighted by Gasteiger charge is 2.34. The zero-order chi connectivity index (χ0) is 22.1. The molecule has 1 atom stereocenters. The second-order valence-corrected chi connectivity index (χ2v) is 7.05. The van der Waals surface area contributed by atoms with Gasteiger partial charge in [0.05, 0.1) is 41.3 Å². The minimum Gasteiger partial charge on any atom is -0.368 e. The first-order valence-corrected chi connectivity index (χ1v) is 9.73. The van der Waals surface area contributed by atoms with Gasteiger partial charge in [0.1, 0.15) is 11.9 Å². The number of nitrogen functional groups attached to an aromatic ring is 1. The van der Waals surface area contributed by atoms with E-state index in [2.05, 4.69) is 31.9 Å². The van der Waals surface area contributed by atoms with Crippen molar-refractivity contribution in [2.45, 2.75) is 12.5 Å². The quantitative estimate of drug-likeness (QED) is 0.486. The molecule has 5 rings (SSSR count). The molecule has 10 heteroatoms. The molecule has 0 spiro atoms. The molecule has 1 amide bonds. The summed E-state index contributed by atoms with van der Waals surface area (Å²) in [6.07, 6.45) is 7.97. The number of carbonyl (C=O) groups is 1. The molecule has 1 unspecified atom stereocenters. The lowest BCUT2D eigenvalue weighted by Gasteiger charge is -2.21. The molecule has 1 aliphatic rings. The van der Waals surface area contributed by atoms with E-state index in [4.69, 9.17) is 10.6 Å². The van der Waals surface area contributed by atoms with Crippen molar-refractivity contribution >= 4 is 17.4 Å². The molecule has 32 heavy (non-hydrogen) atoms. The summed E-state index contributed by atoms with van der Waals surface area (Å²) in [7, 11) is 0. The Bertz CT molecular complexity index is 1360. The number of aromatic nitrogens is 5. The molecule has 5 heterocycles. The summed E-state index contributed by atoms with van der Waals surface area (Å²) in [6, 6.07) is 6.02. The smallest absolute Gasteiger partial charge is 0.281 e. The summed E-state index contributed by atoms with van der Waals surface area (Å²) < 4.78 is 14.8. The topological polar surface area (TPSA) is 112 Å². The number of pyridine rings is 2. The van der Waals surface area contributed by atoms with Crippen LogP contribution in [-0.2, 0) is 4.84 Å². The Balaban J connectivity index is 1.45. The maximum atomic E-state index is 13.3. The van der Waals surface area contributed by atoms with Gasteiger partial charge in [-0.1, -0.05) is 11.8 Å². The molecule has 0 bridgehead atoms. The van der Waals surface area contributed by atoms with Crippen LogP contribution in [0, 0.1) is 17.7 Å². The molecule has 0 saturated carbocycles. The zero-order valence-electron chi connectivity index (χ0n) is 16.6. The van der Waals surface area contributed by atoms with E-state index in [0.29, 0.717) is 40.9 Å². The third-order valence-corrected chi connectivity index (χ3v) is 4.97. The molecule has 2 N–H and O–H groups in total. The Morgan fingerprint density at radius 3 is 2.69 bits per heavy atom. The highest BCUT2D eigenvalue weighted by atomic mass is 19.1. The van der Waals surface area contributed by atoms with Gasteiger partial charge in [0, 0.05) is 30.6 Å². The first-order chi connectivity index (χ1) is 15.6. The van der Waals surface area contributed by atoms with Crippen LogP contribution in [0.2, 0.25) is 0 Å². The molecular formula is C22H16FN7O2. The highest BCUT2D eigenvalue weighted by Crippen LogP contribution is 2.31. The highest BCUT2D eigenvalue weighted by molar-refractivity contribution is 6.00. The van der Waals surface area contributed by atoms with Gasteiger partial charge in [-0.25, -0.2) is 23.9 Å². The van der Waals surface area contributed by atoms with E-state index >= 15 is 0 Å². The molecule has 0 radical (unpaired) electrons. The van der Waals surface area contributed by atoms with Crippen molar-refractivity contribution in [2.24, 2.45) is 0 Å². The van der Waals surface area contributed by atoms with Crippen molar-refractivity contribution in [3.05, 3.63) is 83.5 Å². The maximum Gasteiger partial charge on any atom is 0.281 e. The molecule has 1 saturated heterocycles. The number of anilines is 1. The number of carbonyl (C=O) groups excluding carboxylic acids is 1. The van der Waals surface area contributed by atoms with Crippen LogP contribution in [-0.4, -0.2) is 42.1 Å². The van der Waals surface area contributed by atoms with Crippen LogP contribution in [0.1, 0.15) is 39.6 Å². The number of amides is 1. The lowest BCUT2D eigenvalue weighted by atomic mass is 10.1. The van der Waals surface area contributed by atoms with Crippen molar-refractivity contribution in [3.8, 4) is 11.8 Å². The van der Waals surface area contributed by atoms with Crippen LogP contribution in [0.25, 0.3) is 5.52 Å². The minimum atomic E-state index is -0.438. The fourth-order valence-electron chi connectivity index (χ4n) is 3.41. The Labute approximate surface area is 181 Å². The van der Waals surface area contributed by atoms with E-state index in [1.54, 1.807) is 28.9 Å². The number of hydrogen-bond donors (Lipinski definition) is 1. The van der Waals surface area contributed by atoms with Gasteiger partial charge in [0.2, 0.25) is 5.95 Å². The van der Waals surface area contributed by atoms with Crippen molar-refractivity contribution < 1.29 is 14.0 Å². The average molecular weight is 429 g/mol. The van der Waals surface area contributed by atoms with Gasteiger partial charge in [-0.05, 0) is 24.3 Å². The molecule has 0 aliphatic carbocycles. The first-order valence-electron chi connectivity index (χ1n) is 9.73. The van der Waals surface area contributed by atoms with Crippen LogP contribution >= 0.6 is 0 Å². The molecule has 1 aliphatic heterocycles. The van der Waals surface area contributed by atoms with Gasteiger partial charge in [-0.2, -0.15) is 5.10 Å². The van der Waals surface area contributed by atoms with Crippen LogP contribution in [0.4, 0.5) is 10.3 Å². The van der Waals surface area contributed by atoms with Gasteiger partial charge in [-0.15, -0.1) is 0 Å². The summed E-state index contributed by atoms with van der Waals surface area (Å²) in [6.45, 7) is 0.356. The lowest BCUT2D eigenvalue weighted by molar-refractivity contribution is -0.0970. The molecule has 0 aromatic carbocycles. The largest absolute Gasteiger partial charge is 0.368 e. The Hall–Kier alpha value is -4.36. The number of hydrogen-bond acceptors (Lipinski definition) is 7. The summed E-state index contributed by atoms with van der Waals surface area (Å²) >= 11 is 0. The third-order valence-electron chi connectivity index (χ3n) is 4.97. The molecule has 158 valence electrons. The van der Waals surface area contributed by atoms with Gasteiger partial charge in [0.15, 0.2) is 0 Å². The summed E-state index contributed by atoms with van der Waals surface area (Å²) in [5.74, 6) is 5.37. The van der Waals surface area contributed by atoms with Gasteiger partial charge in [0.25, 0.3) is 5.91 Å². The second-order valence-electron chi connectivity index (χ2n) is 7.05. The van der Waals surface area contributed by atoms with E-state index in [1.165, 1.54) is 29.7 Å². The van der Waals surface area contributed by atoms with E-state index in [9.17, 15) is 9.18 Å². The molecule has 1 fully saturated rings. The van der Waals surface area contributed by atoms with Gasteiger partial charge < -0.3 is 5.73 Å². The molecular weight excluding hydrogens is 413 g/mol. The Morgan fingerprint density at radius 1 is 1.09 bits per heavy atom. The standard InChI is InChI=1S/C22H16FN7O2/c23-16-3-4-18(25-12-16)19-6-8-32-30(19)21(31)17-13-28-29-7-5-14(9-20(17)29)1-2-15-10-26-22(24)27-11-15/h3-5,7,9-13,19H,6,8H2,(H2,24,26,27). The normalized spacial score (nSPS) is 15.5. The van der Waals surface area contributed by atoms with Gasteiger partial charge >= 0.3 is 0 Å². The second kappa shape index (κ2) is 8.05. The fourth-order valence-corrected chi connectivity index (χ4v) is 3.41. The van der Waals surface area contributed by atoms with Crippen molar-refractivity contribution in [1.29, 1.82) is 0 Å². The van der Waals surface area contributed by atoms with Crippen molar-refractivity contribution in [2.75, 3.05) is 12.3 Å². The van der Waals surface area contributed by atoms with E-state index in [1.807, 2.05) is 0 Å². The van der Waals surface area contributed by atoms with E-state index < -0.39 is 11.9 Å². The third kappa shape index (κ3) is 3.73. The molecule has 4 aromatic rings. The number of fused-ring (bicyclic) bond motifs is 1. The van der Waals surface area contributed by atoms with Crippen LogP contribution < -0.4 is 5.73 Å². The summed E-state index contributed by atoms with van der Waals surface area (Å²) in [4.78, 5) is 30.8. The number of hydroxylamine groups is 2. The minimum absolute atomic E-state index is 0.178. The Morgan fingerprint density at radius 2 is 1.91 bits per heavy atom. The maximum absolute atomic E-state index is 13.3. The van der Waals surface area contributed by atoms with E-state index in [-0.39, 0.29) is 11.9 Å². The fraction of sp³-hybridized carbons (Fsp3) is 0.136. The summed E-state index contributed by atoms with van der Waals surface area (Å²) in [5, 5.41) is 5.54. The molecule has 4 aromatic heterocycles. The number of halogens is 1. The predicted molar refractivity (Wildman–Crippen MR) is 111 cm³/mol. The molecule has 9 nitrogen and oxygen atoms in total. The summed E-state index contributed by atoms with van der Waals surface area (Å²) in [5.41, 5.74) is 8.29. The first kappa shape index (κ1) is 19.6. The van der Waals surface area contributed by atoms with Crippen LogP contribution in [0.5, 0.6) is 0 Å². The zero-order valence-corrected chi connectivity index (χ0v) is 16.6. The number of nitrogens with two attached hydrogens (primary N) is 1.